The lowest BCUT2D eigenvalue weighted by Gasteiger charge is -2.26. The van der Waals surface area contributed by atoms with Crippen LogP contribution in [0.3, 0.4) is 0 Å². The molecule has 1 saturated carbocycles. The van der Waals surface area contributed by atoms with Crippen LogP contribution in [-0.2, 0) is 0 Å². The lowest BCUT2D eigenvalue weighted by Crippen LogP contribution is -2.20. The topological polar surface area (TPSA) is 50.9 Å². The van der Waals surface area contributed by atoms with E-state index in [9.17, 15) is 0 Å². The van der Waals surface area contributed by atoms with Gasteiger partial charge in [-0.05, 0) is 48.9 Å². The zero-order chi connectivity index (χ0) is 13.9. The highest BCUT2D eigenvalue weighted by molar-refractivity contribution is 5.96. The molecule has 1 aliphatic rings. The Hall–Kier alpha value is -1.77. The van der Waals surface area contributed by atoms with E-state index in [0.717, 1.165) is 40.7 Å². The second-order valence-electron chi connectivity index (χ2n) is 6.10. The minimum absolute atomic E-state index is 0.787. The molecule has 106 valence electrons. The molecule has 3 N–H and O–H groups in total. The third kappa shape index (κ3) is 2.72. The van der Waals surface area contributed by atoms with E-state index < -0.39 is 0 Å². The summed E-state index contributed by atoms with van der Waals surface area (Å²) in [5.41, 5.74) is 9.08. The lowest BCUT2D eigenvalue weighted by molar-refractivity contribution is 0.300. The molecular formula is C17H23N3. The van der Waals surface area contributed by atoms with Gasteiger partial charge in [-0.3, -0.25) is 4.98 Å². The molecule has 1 fully saturated rings. The van der Waals surface area contributed by atoms with Gasteiger partial charge < -0.3 is 11.1 Å². The van der Waals surface area contributed by atoms with Gasteiger partial charge in [0.05, 0.1) is 16.9 Å². The van der Waals surface area contributed by atoms with E-state index in [-0.39, 0.29) is 0 Å². The predicted molar refractivity (Wildman–Crippen MR) is 85.8 cm³/mol. The molecule has 0 aliphatic heterocycles. The van der Waals surface area contributed by atoms with Gasteiger partial charge in [0.2, 0.25) is 0 Å². The molecule has 0 bridgehead atoms. The first-order valence-electron chi connectivity index (χ1n) is 7.61. The van der Waals surface area contributed by atoms with Crippen LogP contribution >= 0.6 is 0 Å². The summed E-state index contributed by atoms with van der Waals surface area (Å²) < 4.78 is 0. The lowest BCUT2D eigenvalue weighted by atomic mass is 9.83. The molecule has 20 heavy (non-hydrogen) atoms. The smallest absolute Gasteiger partial charge is 0.0724 e. The van der Waals surface area contributed by atoms with Crippen molar-refractivity contribution in [3.8, 4) is 0 Å². The van der Waals surface area contributed by atoms with E-state index in [2.05, 4.69) is 23.3 Å². The Labute approximate surface area is 120 Å². The summed E-state index contributed by atoms with van der Waals surface area (Å²) in [6.07, 6.45) is 7.21. The Morgan fingerprint density at radius 1 is 1.20 bits per heavy atom. The second-order valence-corrected chi connectivity index (χ2v) is 6.10. The van der Waals surface area contributed by atoms with Crippen LogP contribution in [0.2, 0.25) is 0 Å². The summed E-state index contributed by atoms with van der Waals surface area (Å²) in [6.45, 7) is 3.39. The molecule has 3 rings (SSSR count). The molecule has 1 aliphatic carbocycles. The van der Waals surface area contributed by atoms with E-state index >= 15 is 0 Å². The number of nitrogens with zero attached hydrogens (tertiary/aromatic N) is 1. The molecule has 0 saturated heterocycles. The van der Waals surface area contributed by atoms with Crippen molar-refractivity contribution in [3.63, 3.8) is 0 Å². The number of benzene rings is 1. The van der Waals surface area contributed by atoms with Crippen LogP contribution in [0.15, 0.2) is 30.5 Å². The van der Waals surface area contributed by atoms with Gasteiger partial charge in [-0.2, -0.15) is 0 Å². The van der Waals surface area contributed by atoms with Crippen molar-refractivity contribution in [3.05, 3.63) is 30.5 Å². The molecule has 3 nitrogen and oxygen atoms in total. The third-order valence-corrected chi connectivity index (χ3v) is 4.54. The molecule has 0 amide bonds. The van der Waals surface area contributed by atoms with E-state index in [1.54, 1.807) is 6.20 Å². The average molecular weight is 269 g/mol. The van der Waals surface area contributed by atoms with Crippen LogP contribution in [-0.4, -0.2) is 11.5 Å². The normalized spacial score (nSPS) is 22.9. The fourth-order valence-electron chi connectivity index (χ4n) is 3.12. The van der Waals surface area contributed by atoms with Crippen LogP contribution in [0.5, 0.6) is 0 Å². The van der Waals surface area contributed by atoms with Gasteiger partial charge in [0.15, 0.2) is 0 Å². The van der Waals surface area contributed by atoms with Crippen LogP contribution in [0.4, 0.5) is 11.4 Å². The monoisotopic (exact) mass is 269 g/mol. The van der Waals surface area contributed by atoms with Crippen molar-refractivity contribution in [1.29, 1.82) is 0 Å². The maximum Gasteiger partial charge on any atom is 0.0724 e. The summed E-state index contributed by atoms with van der Waals surface area (Å²) in [7, 11) is 0. The molecule has 0 atom stereocenters. The Morgan fingerprint density at radius 3 is 2.80 bits per heavy atom. The molecule has 1 aromatic carbocycles. The predicted octanol–water partition coefficient (Wildman–Crippen LogP) is 4.06. The maximum absolute atomic E-state index is 6.25. The fraction of sp³-hybridized carbons (Fsp3) is 0.471. The first-order valence-corrected chi connectivity index (χ1v) is 7.61. The average Bonchev–Trinajstić information content (AvgIpc) is 2.49. The van der Waals surface area contributed by atoms with Crippen molar-refractivity contribution >= 4 is 22.3 Å². The van der Waals surface area contributed by atoms with Gasteiger partial charge in [0, 0.05) is 18.1 Å². The molecule has 3 heteroatoms. The first kappa shape index (κ1) is 13.2. The molecule has 2 aromatic rings. The largest absolute Gasteiger partial charge is 0.397 e. The molecule has 0 spiro atoms. The van der Waals surface area contributed by atoms with Gasteiger partial charge in [0.1, 0.15) is 0 Å². The summed E-state index contributed by atoms with van der Waals surface area (Å²) in [4.78, 5) is 4.33. The van der Waals surface area contributed by atoms with E-state index in [0.29, 0.717) is 0 Å². The van der Waals surface area contributed by atoms with Crippen molar-refractivity contribution < 1.29 is 0 Å². The van der Waals surface area contributed by atoms with E-state index in [4.69, 9.17) is 5.73 Å². The Balaban J connectivity index is 1.70. The number of nitrogens with two attached hydrogens (primary N) is 1. The number of fused-ring (bicyclic) bond motifs is 1. The number of hydrogen-bond acceptors (Lipinski definition) is 3. The summed E-state index contributed by atoms with van der Waals surface area (Å²) >= 11 is 0. The Morgan fingerprint density at radius 2 is 2.00 bits per heavy atom. The number of nitrogens with one attached hydrogen (secondary N) is 1. The van der Waals surface area contributed by atoms with Gasteiger partial charge in [0.25, 0.3) is 0 Å². The second kappa shape index (κ2) is 5.70. The van der Waals surface area contributed by atoms with Crippen LogP contribution in [0.1, 0.15) is 32.6 Å². The van der Waals surface area contributed by atoms with Crippen molar-refractivity contribution in [2.24, 2.45) is 11.8 Å². The molecule has 0 unspecified atom stereocenters. The standard InChI is InChI=1S/C17H23N3/c1-12-4-6-13(7-5-12)11-20-16-9-8-15-14(17(16)18)3-2-10-19-15/h2-3,8-10,12-13,20H,4-7,11,18H2,1H3. The summed E-state index contributed by atoms with van der Waals surface area (Å²) in [6, 6.07) is 8.06. The third-order valence-electron chi connectivity index (χ3n) is 4.54. The Kier molecular flexibility index (Phi) is 3.77. The maximum atomic E-state index is 6.25. The molecule has 0 radical (unpaired) electrons. The van der Waals surface area contributed by atoms with Gasteiger partial charge in [-0.15, -0.1) is 0 Å². The fourth-order valence-corrected chi connectivity index (χ4v) is 3.12. The van der Waals surface area contributed by atoms with Gasteiger partial charge in [-0.25, -0.2) is 0 Å². The highest BCUT2D eigenvalue weighted by Crippen LogP contribution is 2.31. The number of hydrogen-bond donors (Lipinski definition) is 2. The molecule has 1 aromatic heterocycles. The number of rotatable bonds is 3. The minimum Gasteiger partial charge on any atom is -0.397 e. The highest BCUT2D eigenvalue weighted by Gasteiger charge is 2.18. The quantitative estimate of drug-likeness (QED) is 0.826. The van der Waals surface area contributed by atoms with Crippen molar-refractivity contribution in [2.75, 3.05) is 17.6 Å². The summed E-state index contributed by atoms with van der Waals surface area (Å²) in [5.74, 6) is 1.69. The van der Waals surface area contributed by atoms with Crippen molar-refractivity contribution in [1.82, 2.24) is 4.98 Å². The number of aromatic nitrogens is 1. The molecular weight excluding hydrogens is 246 g/mol. The number of nitrogen functional groups attached to an aromatic ring is 1. The van der Waals surface area contributed by atoms with E-state index in [1.807, 2.05) is 18.2 Å². The zero-order valence-electron chi connectivity index (χ0n) is 12.1. The first-order chi connectivity index (χ1) is 9.74. The SMILES string of the molecule is CC1CCC(CNc2ccc3ncccc3c2N)CC1. The highest BCUT2D eigenvalue weighted by atomic mass is 14.9. The minimum atomic E-state index is 0.787. The van der Waals surface area contributed by atoms with Crippen LogP contribution in [0.25, 0.3) is 10.9 Å². The molecule has 1 heterocycles. The van der Waals surface area contributed by atoms with Crippen molar-refractivity contribution in [2.45, 2.75) is 32.6 Å². The van der Waals surface area contributed by atoms with Crippen LogP contribution in [0, 0.1) is 11.8 Å². The number of pyridine rings is 1. The van der Waals surface area contributed by atoms with Gasteiger partial charge in [-0.1, -0.05) is 19.8 Å². The summed E-state index contributed by atoms with van der Waals surface area (Å²) in [5, 5.41) is 4.57. The number of anilines is 2. The van der Waals surface area contributed by atoms with E-state index in [1.165, 1.54) is 25.7 Å². The zero-order valence-corrected chi connectivity index (χ0v) is 12.1. The van der Waals surface area contributed by atoms with Crippen LogP contribution < -0.4 is 11.1 Å². The van der Waals surface area contributed by atoms with Gasteiger partial charge >= 0.3 is 0 Å². The Bertz CT molecular complexity index is 586.